The average molecular weight is 1370 g/mol. The highest BCUT2D eigenvalue weighted by molar-refractivity contribution is 5.96. The zero-order valence-electron chi connectivity index (χ0n) is 56.0. The van der Waals surface area contributed by atoms with Crippen LogP contribution in [0.3, 0.4) is 0 Å². The fourth-order valence-corrected chi connectivity index (χ4v) is 9.07. The standard InChI is InChI=1S/C78H84N2O20/c1-5-71(81)93-49-21-13-9-17-45-89-63-33-25-57(26-34-63)75(85)97-67-41-43-69(99-77(87)59-29-37-65(38-30-59)91-47-19-11-15-23-51-95-73(83)7-3)61(53-67)55-79-80-56-62-54-68(98-76(86)58-27-35-64(36-28-58)90-46-18-10-14-22-50-94-72(82)6-2)42-44-70(62)100-78(88)60-31-39-66(40-32-60)92-48-20-12-16-24-52-96-74(84)8-4/h5-8,25-44,53-56H,1-4,9-24,45-52H2. The van der Waals surface area contributed by atoms with Crippen LogP contribution >= 0.6 is 0 Å². The molecule has 0 saturated carbocycles. The topological polar surface area (TPSA) is 272 Å². The third kappa shape index (κ3) is 29.9. The average Bonchev–Trinajstić information content (AvgIpc) is 0.850. The smallest absolute Gasteiger partial charge is 0.343 e. The Morgan fingerprint density at radius 1 is 0.270 bits per heavy atom. The Hall–Kier alpha value is -11.4. The number of esters is 8. The predicted molar refractivity (Wildman–Crippen MR) is 374 cm³/mol. The fraction of sp³-hybridized carbons (Fsp3) is 0.308. The van der Waals surface area contributed by atoms with E-state index >= 15 is 0 Å². The Balaban J connectivity index is 1.17. The van der Waals surface area contributed by atoms with Gasteiger partial charge in [-0.05, 0) is 236 Å². The third-order valence-electron chi connectivity index (χ3n) is 14.5. The summed E-state index contributed by atoms with van der Waals surface area (Å²) in [5.74, 6) is -2.37. The van der Waals surface area contributed by atoms with Gasteiger partial charge in [-0.2, -0.15) is 10.2 Å². The van der Waals surface area contributed by atoms with E-state index in [0.717, 1.165) is 114 Å². The minimum atomic E-state index is -0.732. The number of rotatable bonds is 47. The van der Waals surface area contributed by atoms with Crippen LogP contribution in [0.1, 0.15) is 155 Å². The lowest BCUT2D eigenvalue weighted by atomic mass is 10.2. The van der Waals surface area contributed by atoms with Crippen molar-refractivity contribution in [2.75, 3.05) is 52.9 Å². The highest BCUT2D eigenvalue weighted by Crippen LogP contribution is 2.29. The van der Waals surface area contributed by atoms with Gasteiger partial charge >= 0.3 is 47.8 Å². The molecular weight excluding hydrogens is 1280 g/mol. The van der Waals surface area contributed by atoms with Crippen molar-refractivity contribution in [3.05, 3.63) is 217 Å². The molecule has 0 radical (unpaired) electrons. The third-order valence-corrected chi connectivity index (χ3v) is 14.5. The van der Waals surface area contributed by atoms with Crippen molar-refractivity contribution in [3.8, 4) is 46.0 Å². The van der Waals surface area contributed by atoms with Gasteiger partial charge in [0, 0.05) is 35.4 Å². The maximum Gasteiger partial charge on any atom is 0.343 e. The molecule has 100 heavy (non-hydrogen) atoms. The Morgan fingerprint density at radius 2 is 0.490 bits per heavy atom. The number of unbranched alkanes of at least 4 members (excludes halogenated alkanes) is 12. The van der Waals surface area contributed by atoms with Gasteiger partial charge in [-0.1, -0.05) is 26.3 Å². The van der Waals surface area contributed by atoms with Gasteiger partial charge in [-0.15, -0.1) is 0 Å². The molecule has 6 aromatic rings. The molecule has 0 aromatic heterocycles. The predicted octanol–water partition coefficient (Wildman–Crippen LogP) is 14.7. The number of hydrogen-bond donors (Lipinski definition) is 0. The number of ether oxygens (including phenoxy) is 12. The Labute approximate surface area is 582 Å². The fourth-order valence-electron chi connectivity index (χ4n) is 9.07. The molecular formula is C78H84N2O20. The minimum absolute atomic E-state index is 0.0126. The highest BCUT2D eigenvalue weighted by atomic mass is 16.6. The first-order chi connectivity index (χ1) is 48.7. The molecule has 6 aromatic carbocycles. The molecule has 6 rings (SSSR count). The van der Waals surface area contributed by atoms with Crippen LogP contribution in [-0.2, 0) is 38.1 Å². The van der Waals surface area contributed by atoms with Crippen molar-refractivity contribution < 1.29 is 95.2 Å². The number of carbonyl (C=O) groups excluding carboxylic acids is 8. The lowest BCUT2D eigenvalue weighted by Gasteiger charge is -2.11. The molecule has 0 spiro atoms. The molecule has 22 nitrogen and oxygen atoms in total. The second-order valence-corrected chi connectivity index (χ2v) is 22.1. The summed E-state index contributed by atoms with van der Waals surface area (Å²) in [7, 11) is 0. The van der Waals surface area contributed by atoms with Crippen molar-refractivity contribution in [2.24, 2.45) is 10.2 Å². The Bertz CT molecular complexity index is 3470. The summed E-state index contributed by atoms with van der Waals surface area (Å²) in [5, 5.41) is 8.54. The summed E-state index contributed by atoms with van der Waals surface area (Å²) in [6, 6.07) is 34.3. The molecule has 0 heterocycles. The molecule has 0 N–H and O–H groups in total. The zero-order valence-corrected chi connectivity index (χ0v) is 56.0. The van der Waals surface area contributed by atoms with Crippen LogP contribution < -0.4 is 37.9 Å². The van der Waals surface area contributed by atoms with Gasteiger partial charge < -0.3 is 56.8 Å². The van der Waals surface area contributed by atoms with Crippen LogP contribution in [0.4, 0.5) is 0 Å². The van der Waals surface area contributed by atoms with Gasteiger partial charge in [0.05, 0.1) is 87.5 Å². The van der Waals surface area contributed by atoms with Gasteiger partial charge in [0.2, 0.25) is 0 Å². The number of nitrogens with zero attached hydrogens (tertiary/aromatic N) is 2. The number of hydrogen-bond acceptors (Lipinski definition) is 22. The van der Waals surface area contributed by atoms with Gasteiger partial charge in [0.25, 0.3) is 0 Å². The lowest BCUT2D eigenvalue weighted by Crippen LogP contribution is -2.11. The van der Waals surface area contributed by atoms with E-state index in [0.29, 0.717) is 88.7 Å². The van der Waals surface area contributed by atoms with Crippen molar-refractivity contribution in [1.29, 1.82) is 0 Å². The zero-order chi connectivity index (χ0) is 71.4. The van der Waals surface area contributed by atoms with E-state index in [1.165, 1.54) is 48.8 Å². The number of carbonyl (C=O) groups is 8. The minimum Gasteiger partial charge on any atom is -0.494 e. The molecule has 0 aliphatic heterocycles. The van der Waals surface area contributed by atoms with Crippen LogP contribution in [0, 0.1) is 0 Å². The molecule has 0 aliphatic rings. The summed E-state index contributed by atoms with van der Waals surface area (Å²) in [6.45, 7) is 16.6. The highest BCUT2D eigenvalue weighted by Gasteiger charge is 2.18. The van der Waals surface area contributed by atoms with E-state index in [1.807, 2.05) is 0 Å². The van der Waals surface area contributed by atoms with Gasteiger partial charge in [0.1, 0.15) is 46.0 Å². The quantitative estimate of drug-likeness (QED) is 0.00653. The van der Waals surface area contributed by atoms with E-state index in [4.69, 9.17) is 56.8 Å². The first-order valence-electron chi connectivity index (χ1n) is 33.1. The van der Waals surface area contributed by atoms with Gasteiger partial charge in [-0.3, -0.25) is 0 Å². The van der Waals surface area contributed by atoms with Crippen LogP contribution in [0.2, 0.25) is 0 Å². The molecule has 0 fully saturated rings. The molecule has 22 heteroatoms. The van der Waals surface area contributed by atoms with Crippen LogP contribution in [0.15, 0.2) is 194 Å². The van der Waals surface area contributed by atoms with Crippen LogP contribution in [0.25, 0.3) is 0 Å². The number of benzene rings is 6. The first-order valence-corrected chi connectivity index (χ1v) is 33.1. The lowest BCUT2D eigenvalue weighted by molar-refractivity contribution is -0.138. The normalized spacial score (nSPS) is 10.8. The first kappa shape index (κ1) is 77.6. The molecule has 0 atom stereocenters. The molecule has 0 bridgehead atoms. The van der Waals surface area contributed by atoms with Gasteiger partial charge in [0.15, 0.2) is 0 Å². The molecule has 0 aliphatic carbocycles. The van der Waals surface area contributed by atoms with Crippen LogP contribution in [0.5, 0.6) is 46.0 Å². The Morgan fingerprint density at radius 3 is 0.730 bits per heavy atom. The monoisotopic (exact) mass is 1370 g/mol. The SMILES string of the molecule is C=CC(=O)OCCCCCCOc1ccc(C(=O)Oc2ccc(OC(=O)c3ccc(OCCCCCCOC(=O)C=C)cc3)c(C=NN=Cc3cc(OC(=O)c4ccc(OCCCCCCOC(=O)C=C)cc4)ccc3OC(=O)c3ccc(OCCCCCCOC(=O)C=C)cc3)c2)cc1. The largest absolute Gasteiger partial charge is 0.494 e. The maximum atomic E-state index is 13.8. The van der Waals surface area contributed by atoms with E-state index < -0.39 is 47.8 Å². The second-order valence-electron chi connectivity index (χ2n) is 22.1. The summed E-state index contributed by atoms with van der Waals surface area (Å²) < 4.78 is 67.0. The Kier molecular flexibility index (Phi) is 35.0. The summed E-state index contributed by atoms with van der Waals surface area (Å²) in [4.78, 5) is 99.7. The van der Waals surface area contributed by atoms with E-state index in [2.05, 4.69) is 36.5 Å². The van der Waals surface area contributed by atoms with E-state index in [1.54, 1.807) is 97.1 Å². The molecule has 0 saturated heterocycles. The summed E-state index contributed by atoms with van der Waals surface area (Å²) in [6.07, 6.45) is 19.8. The van der Waals surface area contributed by atoms with Crippen molar-refractivity contribution >= 4 is 60.2 Å². The maximum absolute atomic E-state index is 13.8. The molecule has 0 unspecified atom stereocenters. The van der Waals surface area contributed by atoms with Crippen molar-refractivity contribution in [2.45, 2.75) is 103 Å². The van der Waals surface area contributed by atoms with Crippen molar-refractivity contribution in [1.82, 2.24) is 0 Å². The van der Waals surface area contributed by atoms with Crippen LogP contribution in [-0.4, -0.2) is 113 Å². The molecule has 0 amide bonds. The molecule has 526 valence electrons. The van der Waals surface area contributed by atoms with Gasteiger partial charge in [-0.25, -0.2) is 38.4 Å². The second kappa shape index (κ2) is 45.2. The van der Waals surface area contributed by atoms with Crippen molar-refractivity contribution in [3.63, 3.8) is 0 Å². The summed E-state index contributed by atoms with van der Waals surface area (Å²) in [5.41, 5.74) is 1.13. The summed E-state index contributed by atoms with van der Waals surface area (Å²) >= 11 is 0. The van der Waals surface area contributed by atoms with E-state index in [9.17, 15) is 38.4 Å². The van der Waals surface area contributed by atoms with E-state index in [-0.39, 0.29) is 56.4 Å².